The van der Waals surface area contributed by atoms with Gasteiger partial charge in [-0.25, -0.2) is 9.18 Å². The van der Waals surface area contributed by atoms with Crippen molar-refractivity contribution in [3.8, 4) is 0 Å². The first-order valence-corrected chi connectivity index (χ1v) is 6.76. The van der Waals surface area contributed by atoms with Gasteiger partial charge < -0.3 is 4.74 Å². The van der Waals surface area contributed by atoms with Crippen LogP contribution in [0.4, 0.5) is 28.0 Å². The lowest BCUT2D eigenvalue weighted by atomic mass is 10.2. The molecule has 0 aliphatic carbocycles. The minimum atomic E-state index is -4.33. The van der Waals surface area contributed by atoms with E-state index in [1.165, 1.54) is 13.0 Å². The molecule has 1 rings (SSSR count). The standard InChI is InChI=1S/C13H13F4NO2S/c1-3-4-20-12(19)18-10-6-11(8(2)5-9(10)14)21-7-13(15,16)17/h3,5-6H,1,4,7H2,2H3,(H,18,19). The molecule has 0 saturated carbocycles. The lowest BCUT2D eigenvalue weighted by molar-refractivity contribution is -0.105. The van der Waals surface area contributed by atoms with E-state index in [2.05, 4.69) is 16.6 Å². The molecule has 0 bridgehead atoms. The van der Waals surface area contributed by atoms with E-state index in [9.17, 15) is 22.4 Å². The summed E-state index contributed by atoms with van der Waals surface area (Å²) in [7, 11) is 0. The highest BCUT2D eigenvalue weighted by molar-refractivity contribution is 7.99. The predicted octanol–water partition coefficient (Wildman–Crippen LogP) is 4.52. The Kier molecular flexibility index (Phi) is 6.07. The number of thioether (sulfide) groups is 1. The van der Waals surface area contributed by atoms with Crippen molar-refractivity contribution >= 4 is 23.5 Å². The molecular formula is C13H13F4NO2S. The SMILES string of the molecule is C=CCOC(=O)Nc1cc(SCC(F)(F)F)c(C)cc1F. The van der Waals surface area contributed by atoms with Crippen molar-refractivity contribution in [1.29, 1.82) is 0 Å². The Morgan fingerprint density at radius 1 is 1.48 bits per heavy atom. The maximum absolute atomic E-state index is 13.7. The number of carbonyl (C=O) groups is 1. The van der Waals surface area contributed by atoms with Gasteiger partial charge in [-0.3, -0.25) is 5.32 Å². The van der Waals surface area contributed by atoms with Crippen LogP contribution < -0.4 is 5.32 Å². The third-order valence-corrected chi connectivity index (χ3v) is 3.45. The largest absolute Gasteiger partial charge is 0.445 e. The van der Waals surface area contributed by atoms with E-state index in [4.69, 9.17) is 0 Å². The van der Waals surface area contributed by atoms with Crippen LogP contribution in [0, 0.1) is 12.7 Å². The monoisotopic (exact) mass is 323 g/mol. The van der Waals surface area contributed by atoms with Gasteiger partial charge in [0.2, 0.25) is 0 Å². The summed E-state index contributed by atoms with van der Waals surface area (Å²) in [5.41, 5.74) is 0.117. The van der Waals surface area contributed by atoms with E-state index in [1.54, 1.807) is 0 Å². The number of alkyl halides is 3. The summed E-state index contributed by atoms with van der Waals surface area (Å²) in [5.74, 6) is -1.85. The maximum atomic E-state index is 13.7. The van der Waals surface area contributed by atoms with Gasteiger partial charge in [-0.2, -0.15) is 13.2 Å². The second-order valence-corrected chi connectivity index (χ2v) is 5.03. The molecule has 21 heavy (non-hydrogen) atoms. The van der Waals surface area contributed by atoms with Gasteiger partial charge >= 0.3 is 12.3 Å². The summed E-state index contributed by atoms with van der Waals surface area (Å²) in [6.45, 7) is 4.77. The molecule has 8 heteroatoms. The van der Waals surface area contributed by atoms with Crippen molar-refractivity contribution in [3.63, 3.8) is 0 Å². The summed E-state index contributed by atoms with van der Waals surface area (Å²) in [6, 6.07) is 2.21. The van der Waals surface area contributed by atoms with Crippen molar-refractivity contribution < 1.29 is 27.1 Å². The number of aryl methyl sites for hydroxylation is 1. The molecule has 0 unspecified atom stereocenters. The molecule has 1 amide bonds. The Morgan fingerprint density at radius 2 is 2.14 bits per heavy atom. The fourth-order valence-corrected chi connectivity index (χ4v) is 2.15. The first-order chi connectivity index (χ1) is 9.73. The Bertz CT molecular complexity index is 532. The number of anilines is 1. The Hall–Kier alpha value is -1.70. The molecule has 1 N–H and O–H groups in total. The van der Waals surface area contributed by atoms with Crippen LogP contribution in [0.2, 0.25) is 0 Å². The van der Waals surface area contributed by atoms with E-state index < -0.39 is 23.8 Å². The van der Waals surface area contributed by atoms with Gasteiger partial charge in [-0.1, -0.05) is 12.7 Å². The summed E-state index contributed by atoms with van der Waals surface area (Å²) in [6.07, 6.45) is -3.91. The number of rotatable bonds is 5. The third kappa shape index (κ3) is 6.07. The van der Waals surface area contributed by atoms with E-state index in [-0.39, 0.29) is 17.2 Å². The molecule has 0 atom stereocenters. The molecule has 0 aliphatic rings. The zero-order valence-corrected chi connectivity index (χ0v) is 11.9. The van der Waals surface area contributed by atoms with Crippen molar-refractivity contribution in [2.24, 2.45) is 0 Å². The van der Waals surface area contributed by atoms with Gasteiger partial charge in [0.15, 0.2) is 0 Å². The number of halogens is 4. The molecular weight excluding hydrogens is 310 g/mol. The zero-order chi connectivity index (χ0) is 16.0. The fourth-order valence-electron chi connectivity index (χ4n) is 1.34. The van der Waals surface area contributed by atoms with Gasteiger partial charge in [0.05, 0.1) is 11.4 Å². The molecule has 1 aromatic rings. The predicted molar refractivity (Wildman–Crippen MR) is 73.1 cm³/mol. The number of ether oxygens (including phenoxy) is 1. The van der Waals surface area contributed by atoms with Crippen LogP contribution in [0.15, 0.2) is 29.7 Å². The van der Waals surface area contributed by atoms with Crippen molar-refractivity contribution in [1.82, 2.24) is 0 Å². The molecule has 0 saturated heterocycles. The van der Waals surface area contributed by atoms with E-state index in [0.29, 0.717) is 17.3 Å². The molecule has 0 spiro atoms. The van der Waals surface area contributed by atoms with Crippen molar-refractivity contribution in [3.05, 3.63) is 36.2 Å². The van der Waals surface area contributed by atoms with Crippen LogP contribution >= 0.6 is 11.8 Å². The van der Waals surface area contributed by atoms with E-state index in [1.807, 2.05) is 0 Å². The van der Waals surface area contributed by atoms with E-state index in [0.717, 1.165) is 12.1 Å². The van der Waals surface area contributed by atoms with Crippen LogP contribution in [0.5, 0.6) is 0 Å². The average Bonchev–Trinajstić information content (AvgIpc) is 2.37. The first kappa shape index (κ1) is 17.4. The van der Waals surface area contributed by atoms with Crippen LogP contribution in [0.1, 0.15) is 5.56 Å². The molecule has 0 radical (unpaired) electrons. The van der Waals surface area contributed by atoms with Crippen molar-refractivity contribution in [2.45, 2.75) is 18.0 Å². The van der Waals surface area contributed by atoms with Crippen LogP contribution in [-0.2, 0) is 4.74 Å². The average molecular weight is 323 g/mol. The number of hydrogen-bond acceptors (Lipinski definition) is 3. The number of benzene rings is 1. The Labute approximate surface area is 123 Å². The molecule has 1 aromatic carbocycles. The quantitative estimate of drug-likeness (QED) is 0.492. The van der Waals surface area contributed by atoms with Crippen LogP contribution in [-0.4, -0.2) is 24.6 Å². The second-order valence-electron chi connectivity index (χ2n) is 4.01. The number of nitrogens with one attached hydrogen (secondary N) is 1. The smallest absolute Gasteiger partial charge is 0.412 e. The highest BCUT2D eigenvalue weighted by Gasteiger charge is 2.27. The molecule has 0 heterocycles. The topological polar surface area (TPSA) is 38.3 Å². The first-order valence-electron chi connectivity index (χ1n) is 5.77. The Balaban J connectivity index is 2.85. The normalized spacial score (nSPS) is 11.1. The van der Waals surface area contributed by atoms with Gasteiger partial charge in [0, 0.05) is 4.90 Å². The molecule has 0 aliphatic heterocycles. The summed E-state index contributed by atoms with van der Waals surface area (Å²) < 4.78 is 54.9. The maximum Gasteiger partial charge on any atom is 0.412 e. The van der Waals surface area contributed by atoms with Crippen molar-refractivity contribution in [2.75, 3.05) is 17.7 Å². The molecule has 3 nitrogen and oxygen atoms in total. The van der Waals surface area contributed by atoms with Gasteiger partial charge in [-0.05, 0) is 24.6 Å². The Morgan fingerprint density at radius 3 is 2.71 bits per heavy atom. The molecule has 0 aromatic heterocycles. The molecule has 116 valence electrons. The molecule has 0 fully saturated rings. The van der Waals surface area contributed by atoms with Crippen LogP contribution in [0.3, 0.4) is 0 Å². The second kappa shape index (κ2) is 7.35. The fraction of sp³-hybridized carbons (Fsp3) is 0.308. The van der Waals surface area contributed by atoms with E-state index >= 15 is 0 Å². The van der Waals surface area contributed by atoms with Gasteiger partial charge in [0.25, 0.3) is 0 Å². The highest BCUT2D eigenvalue weighted by Crippen LogP contribution is 2.32. The lowest BCUT2D eigenvalue weighted by Crippen LogP contribution is -2.15. The minimum absolute atomic E-state index is 0.0605. The zero-order valence-electron chi connectivity index (χ0n) is 11.1. The summed E-state index contributed by atoms with van der Waals surface area (Å²) >= 11 is 0.522. The third-order valence-electron chi connectivity index (χ3n) is 2.22. The highest BCUT2D eigenvalue weighted by atomic mass is 32.2. The number of amides is 1. The number of carbonyl (C=O) groups excluding carboxylic acids is 1. The van der Waals surface area contributed by atoms with Gasteiger partial charge in [0.1, 0.15) is 12.4 Å². The van der Waals surface area contributed by atoms with Crippen LogP contribution in [0.25, 0.3) is 0 Å². The summed E-state index contributed by atoms with van der Waals surface area (Å²) in [5, 5.41) is 2.13. The lowest BCUT2D eigenvalue weighted by Gasteiger charge is -2.12. The van der Waals surface area contributed by atoms with Gasteiger partial charge in [-0.15, -0.1) is 11.8 Å². The minimum Gasteiger partial charge on any atom is -0.445 e. The number of hydrogen-bond donors (Lipinski definition) is 1. The summed E-state index contributed by atoms with van der Waals surface area (Å²) in [4.78, 5) is 11.5.